The molecule has 0 unspecified atom stereocenters. The number of thioether (sulfide) groups is 2. The minimum Gasteiger partial charge on any atom is -0.497 e. The Morgan fingerprint density at radius 1 is 0.868 bits per heavy atom. The van der Waals surface area contributed by atoms with Gasteiger partial charge in [0.25, 0.3) is 0 Å². The Morgan fingerprint density at radius 3 is 2.18 bits per heavy atom. The number of methoxy groups -OCH3 is 1. The number of benzene rings is 2. The van der Waals surface area contributed by atoms with E-state index in [-0.39, 0.29) is 5.41 Å². The summed E-state index contributed by atoms with van der Waals surface area (Å²) in [6, 6.07) is 16.8. The van der Waals surface area contributed by atoms with Gasteiger partial charge in [-0.25, -0.2) is 4.98 Å². The molecular weight excluding hydrogens is 509 g/mol. The molecule has 0 atom stereocenters. The van der Waals surface area contributed by atoms with E-state index in [1.54, 1.807) is 7.11 Å². The summed E-state index contributed by atoms with van der Waals surface area (Å²) >= 11 is 3.86. The van der Waals surface area contributed by atoms with E-state index in [1.807, 2.05) is 42.0 Å². The van der Waals surface area contributed by atoms with Crippen molar-refractivity contribution < 1.29 is 4.74 Å². The number of nitrogens with zero attached hydrogens (tertiary/aromatic N) is 3. The maximum Gasteiger partial charge on any atom is 0.119 e. The molecule has 0 aliphatic carbocycles. The molecule has 202 valence electrons. The molecule has 0 aliphatic rings. The molecule has 38 heavy (non-hydrogen) atoms. The second-order valence-corrected chi connectivity index (χ2v) is 12.3. The predicted molar refractivity (Wildman–Crippen MR) is 167 cm³/mol. The highest BCUT2D eigenvalue weighted by Gasteiger charge is 2.29. The molecule has 0 bridgehead atoms. The van der Waals surface area contributed by atoms with Crippen LogP contribution in [0.1, 0.15) is 32.5 Å². The van der Waals surface area contributed by atoms with Gasteiger partial charge in [0.2, 0.25) is 0 Å². The summed E-state index contributed by atoms with van der Waals surface area (Å²) in [4.78, 5) is 15.9. The molecule has 2 heterocycles. The summed E-state index contributed by atoms with van der Waals surface area (Å²) < 4.78 is 5.42. The number of ether oxygens (including phenoxy) is 1. The molecule has 2 aromatic carbocycles. The zero-order chi connectivity index (χ0) is 27.0. The molecule has 5 nitrogen and oxygen atoms in total. The molecule has 2 aromatic heterocycles. The van der Waals surface area contributed by atoms with Crippen LogP contribution in [0, 0.1) is 0 Å². The lowest BCUT2D eigenvalue weighted by molar-refractivity contribution is 0.220. The minimum absolute atomic E-state index is 0.136. The first kappa shape index (κ1) is 28.5. The van der Waals surface area contributed by atoms with Gasteiger partial charge in [-0.15, -0.1) is 0 Å². The quantitative estimate of drug-likeness (QED) is 0.166. The van der Waals surface area contributed by atoms with Crippen molar-refractivity contribution in [3.63, 3.8) is 0 Å². The zero-order valence-electron chi connectivity index (χ0n) is 23.3. The molecule has 4 rings (SSSR count). The van der Waals surface area contributed by atoms with Crippen molar-refractivity contribution in [2.24, 2.45) is 0 Å². The maximum atomic E-state index is 5.42. The number of imidazole rings is 1. The van der Waals surface area contributed by atoms with Gasteiger partial charge in [0, 0.05) is 35.5 Å². The Balaban J connectivity index is 1.69. The number of nitrogens with one attached hydrogen (secondary N) is 1. The molecule has 7 heteroatoms. The summed E-state index contributed by atoms with van der Waals surface area (Å²) in [6.45, 7) is 7.84. The SMILES string of the molecule is COc1ccc2cc(-c3nc(C(C)(C)CN(CCCSC)CCCSC)[nH]c3-c3ccncc3)ccc2c1. The number of pyridine rings is 1. The first-order valence-corrected chi connectivity index (χ1v) is 16.0. The van der Waals surface area contributed by atoms with Crippen LogP contribution in [0.15, 0.2) is 60.9 Å². The van der Waals surface area contributed by atoms with Gasteiger partial charge in [0.1, 0.15) is 11.6 Å². The van der Waals surface area contributed by atoms with E-state index >= 15 is 0 Å². The van der Waals surface area contributed by atoms with Crippen LogP contribution >= 0.6 is 23.5 Å². The average Bonchev–Trinajstić information content (AvgIpc) is 3.40. The van der Waals surface area contributed by atoms with Crippen molar-refractivity contribution >= 4 is 34.3 Å². The summed E-state index contributed by atoms with van der Waals surface area (Å²) in [6.07, 6.45) is 10.5. The van der Waals surface area contributed by atoms with Gasteiger partial charge in [-0.05, 0) is 91.1 Å². The molecule has 0 fully saturated rings. The van der Waals surface area contributed by atoms with E-state index in [2.05, 4.69) is 83.7 Å². The molecule has 0 saturated carbocycles. The van der Waals surface area contributed by atoms with Crippen molar-refractivity contribution in [1.82, 2.24) is 19.9 Å². The fourth-order valence-electron chi connectivity index (χ4n) is 4.90. The lowest BCUT2D eigenvalue weighted by Crippen LogP contribution is -2.39. The van der Waals surface area contributed by atoms with Crippen LogP contribution < -0.4 is 4.74 Å². The fourth-order valence-corrected chi connectivity index (χ4v) is 5.73. The molecule has 0 saturated heterocycles. The summed E-state index contributed by atoms with van der Waals surface area (Å²) in [5.74, 6) is 4.29. The number of H-pyrrole nitrogens is 1. The molecule has 4 aromatic rings. The second-order valence-electron chi connectivity index (χ2n) is 10.3. The Kier molecular flexibility index (Phi) is 10.2. The van der Waals surface area contributed by atoms with E-state index in [4.69, 9.17) is 9.72 Å². The van der Waals surface area contributed by atoms with Gasteiger partial charge in [0.05, 0.1) is 18.5 Å². The zero-order valence-corrected chi connectivity index (χ0v) is 24.9. The van der Waals surface area contributed by atoms with Crippen LogP contribution in [-0.2, 0) is 5.41 Å². The van der Waals surface area contributed by atoms with Crippen LogP contribution in [0.3, 0.4) is 0 Å². The number of fused-ring (bicyclic) bond motifs is 1. The molecule has 0 radical (unpaired) electrons. The second kappa shape index (κ2) is 13.5. The fraction of sp³-hybridized carbons (Fsp3) is 0.419. The maximum absolute atomic E-state index is 5.42. The smallest absolute Gasteiger partial charge is 0.119 e. The molecule has 0 aliphatic heterocycles. The summed E-state index contributed by atoms with van der Waals surface area (Å²) in [5, 5.41) is 2.32. The van der Waals surface area contributed by atoms with Crippen LogP contribution in [0.4, 0.5) is 0 Å². The van der Waals surface area contributed by atoms with Gasteiger partial charge in [-0.1, -0.05) is 32.0 Å². The van der Waals surface area contributed by atoms with Gasteiger partial charge >= 0.3 is 0 Å². The largest absolute Gasteiger partial charge is 0.497 e. The number of hydrogen-bond acceptors (Lipinski definition) is 6. The molecule has 1 N–H and O–H groups in total. The Morgan fingerprint density at radius 2 is 1.53 bits per heavy atom. The van der Waals surface area contributed by atoms with Crippen LogP contribution in [0.25, 0.3) is 33.3 Å². The monoisotopic (exact) mass is 548 g/mol. The van der Waals surface area contributed by atoms with Gasteiger partial charge in [-0.2, -0.15) is 23.5 Å². The van der Waals surface area contributed by atoms with E-state index in [9.17, 15) is 0 Å². The van der Waals surface area contributed by atoms with Crippen LogP contribution in [-0.4, -0.2) is 70.6 Å². The van der Waals surface area contributed by atoms with Gasteiger partial charge in [-0.3, -0.25) is 4.98 Å². The molecule has 0 amide bonds. The van der Waals surface area contributed by atoms with Crippen molar-refractivity contribution in [1.29, 1.82) is 0 Å². The van der Waals surface area contributed by atoms with Crippen molar-refractivity contribution in [3.8, 4) is 28.3 Å². The van der Waals surface area contributed by atoms with Crippen molar-refractivity contribution in [3.05, 3.63) is 66.7 Å². The number of aromatic nitrogens is 3. The normalized spacial score (nSPS) is 11.9. The third kappa shape index (κ3) is 7.13. The Hall–Kier alpha value is -2.48. The lowest BCUT2D eigenvalue weighted by atomic mass is 9.91. The highest BCUT2D eigenvalue weighted by molar-refractivity contribution is 7.98. The Bertz CT molecular complexity index is 1300. The van der Waals surface area contributed by atoms with E-state index in [0.29, 0.717) is 0 Å². The lowest BCUT2D eigenvalue weighted by Gasteiger charge is -2.31. The number of aromatic amines is 1. The average molecular weight is 549 g/mol. The minimum atomic E-state index is -0.136. The topological polar surface area (TPSA) is 54.0 Å². The van der Waals surface area contributed by atoms with E-state index < -0.39 is 0 Å². The predicted octanol–water partition coefficient (Wildman–Crippen LogP) is 7.39. The highest BCUT2D eigenvalue weighted by Crippen LogP contribution is 2.35. The van der Waals surface area contributed by atoms with E-state index in [1.165, 1.54) is 29.7 Å². The highest BCUT2D eigenvalue weighted by atomic mass is 32.2. The Labute approximate surface area is 236 Å². The third-order valence-electron chi connectivity index (χ3n) is 6.90. The van der Waals surface area contributed by atoms with Gasteiger partial charge in [0.15, 0.2) is 0 Å². The third-order valence-corrected chi connectivity index (χ3v) is 8.29. The van der Waals surface area contributed by atoms with Crippen LogP contribution in [0.2, 0.25) is 0 Å². The van der Waals surface area contributed by atoms with Crippen LogP contribution in [0.5, 0.6) is 5.75 Å². The number of rotatable bonds is 14. The summed E-state index contributed by atoms with van der Waals surface area (Å²) in [7, 11) is 1.70. The van der Waals surface area contributed by atoms with E-state index in [0.717, 1.165) is 59.1 Å². The molecular formula is C31H40N4OS2. The number of hydrogen-bond donors (Lipinski definition) is 1. The van der Waals surface area contributed by atoms with Gasteiger partial charge < -0.3 is 14.6 Å². The first-order valence-electron chi connectivity index (χ1n) is 13.2. The van der Waals surface area contributed by atoms with Crippen molar-refractivity contribution in [2.45, 2.75) is 32.1 Å². The first-order chi connectivity index (χ1) is 18.4. The summed E-state index contributed by atoms with van der Waals surface area (Å²) in [5.41, 5.74) is 4.08. The van der Waals surface area contributed by atoms with Crippen molar-refractivity contribution in [2.75, 3.05) is 50.8 Å². The standard InChI is InChI=1S/C31H40N4OS2/c1-31(2,22-35(16-6-18-37-4)17-7-19-38-5)30-33-28(23-12-14-32-15-13-23)29(34-30)26-9-8-25-21-27(36-3)11-10-24(25)20-26/h8-15,20-21H,6-7,16-19,22H2,1-5H3,(H,33,34). The molecule has 0 spiro atoms.